The predicted molar refractivity (Wildman–Crippen MR) is 81.1 cm³/mol. The van der Waals surface area contributed by atoms with Gasteiger partial charge in [-0.2, -0.15) is 0 Å². The number of halogens is 1. The smallest absolute Gasteiger partial charge is 0.127 e. The maximum absolute atomic E-state index is 13.5. The number of hydrogen-bond acceptors (Lipinski definition) is 4. The van der Waals surface area contributed by atoms with Crippen LogP contribution in [0.2, 0.25) is 0 Å². The molecule has 21 heavy (non-hydrogen) atoms. The highest BCUT2D eigenvalue weighted by atomic mass is 19.1. The van der Waals surface area contributed by atoms with Gasteiger partial charge in [0.2, 0.25) is 0 Å². The van der Waals surface area contributed by atoms with Crippen LogP contribution in [-0.4, -0.2) is 50.4 Å². The van der Waals surface area contributed by atoms with Crippen LogP contribution < -0.4 is 10.1 Å². The first-order chi connectivity index (χ1) is 10.1. The largest absolute Gasteiger partial charge is 0.491 e. The molecule has 0 saturated carbocycles. The molecule has 2 rings (SSSR count). The molecular weight excluding hydrogens is 271 g/mol. The van der Waals surface area contributed by atoms with Crippen LogP contribution in [0.15, 0.2) is 18.2 Å². The highest BCUT2D eigenvalue weighted by molar-refractivity contribution is 5.29. The maximum atomic E-state index is 13.5. The van der Waals surface area contributed by atoms with Crippen LogP contribution in [0.5, 0.6) is 5.75 Å². The summed E-state index contributed by atoms with van der Waals surface area (Å²) in [4.78, 5) is 2.37. The lowest BCUT2D eigenvalue weighted by atomic mass is 10.2. The number of ether oxygens (including phenoxy) is 2. The Kier molecular flexibility index (Phi) is 5.96. The lowest BCUT2D eigenvalue weighted by Crippen LogP contribution is -2.47. The lowest BCUT2D eigenvalue weighted by Gasteiger charge is -2.35. The molecule has 1 aromatic rings. The number of nitrogens with zero attached hydrogens (tertiary/aromatic N) is 1. The Balaban J connectivity index is 1.90. The maximum Gasteiger partial charge on any atom is 0.127 e. The molecule has 0 amide bonds. The average Bonchev–Trinajstić information content (AvgIpc) is 2.45. The molecule has 1 aromatic carbocycles. The van der Waals surface area contributed by atoms with E-state index in [9.17, 15) is 4.39 Å². The Morgan fingerprint density at radius 3 is 2.95 bits per heavy atom. The monoisotopic (exact) mass is 296 g/mol. The summed E-state index contributed by atoms with van der Waals surface area (Å²) in [6.45, 7) is 7.97. The van der Waals surface area contributed by atoms with Crippen molar-refractivity contribution in [1.29, 1.82) is 0 Å². The van der Waals surface area contributed by atoms with Crippen molar-refractivity contribution < 1.29 is 13.9 Å². The predicted octanol–water partition coefficient (Wildman–Crippen LogP) is 2.03. The summed E-state index contributed by atoms with van der Waals surface area (Å²) < 4.78 is 25.0. The lowest BCUT2D eigenvalue weighted by molar-refractivity contribution is -0.0564. The first-order valence-electron chi connectivity index (χ1n) is 7.51. The second-order valence-electron chi connectivity index (χ2n) is 5.72. The summed E-state index contributed by atoms with van der Waals surface area (Å²) in [6.07, 6.45) is 0.0390. The molecule has 5 heteroatoms. The van der Waals surface area contributed by atoms with Crippen molar-refractivity contribution in [3.05, 3.63) is 29.6 Å². The number of nitrogens with one attached hydrogen (secondary N) is 1. The third kappa shape index (κ3) is 4.95. The van der Waals surface area contributed by atoms with Gasteiger partial charge in [-0.15, -0.1) is 0 Å². The van der Waals surface area contributed by atoms with Gasteiger partial charge in [0.25, 0.3) is 0 Å². The molecule has 4 nitrogen and oxygen atoms in total. The van der Waals surface area contributed by atoms with Crippen LogP contribution >= 0.6 is 0 Å². The van der Waals surface area contributed by atoms with Gasteiger partial charge in [0.1, 0.15) is 24.3 Å². The van der Waals surface area contributed by atoms with Gasteiger partial charge in [-0.3, -0.25) is 4.90 Å². The second kappa shape index (κ2) is 7.73. The van der Waals surface area contributed by atoms with Gasteiger partial charge in [0.05, 0.1) is 6.61 Å². The normalized spacial score (nSPS) is 20.0. The van der Waals surface area contributed by atoms with E-state index in [1.165, 1.54) is 12.1 Å². The highest BCUT2D eigenvalue weighted by Gasteiger charge is 2.22. The zero-order valence-corrected chi connectivity index (χ0v) is 13.1. The van der Waals surface area contributed by atoms with Gasteiger partial charge in [0, 0.05) is 31.7 Å². The van der Waals surface area contributed by atoms with Crippen LogP contribution in [0.25, 0.3) is 0 Å². The van der Waals surface area contributed by atoms with Crippen molar-refractivity contribution in [3.63, 3.8) is 0 Å². The van der Waals surface area contributed by atoms with E-state index in [4.69, 9.17) is 9.47 Å². The number of morpholine rings is 1. The van der Waals surface area contributed by atoms with E-state index in [0.717, 1.165) is 25.3 Å². The topological polar surface area (TPSA) is 33.7 Å². The molecule has 0 bridgehead atoms. The molecule has 0 radical (unpaired) electrons. The Morgan fingerprint density at radius 1 is 1.43 bits per heavy atom. The Bertz CT molecular complexity index is 454. The zero-order valence-electron chi connectivity index (χ0n) is 13.1. The third-order valence-electron chi connectivity index (χ3n) is 3.65. The van der Waals surface area contributed by atoms with E-state index in [0.29, 0.717) is 24.9 Å². The molecule has 0 spiro atoms. The summed E-state index contributed by atoms with van der Waals surface area (Å²) >= 11 is 0. The molecule has 118 valence electrons. The molecular formula is C16H25FN2O2. The Labute approximate surface area is 126 Å². The standard InChI is InChI=1S/C16H25FN2O2/c1-12(2)19-4-5-20-16(10-19)11-21-15-7-13(9-18-3)6-14(17)8-15/h6-8,12,16,18H,4-5,9-11H2,1-3H3. The molecule has 1 unspecified atom stereocenters. The minimum absolute atomic E-state index is 0.0390. The van der Waals surface area contributed by atoms with Crippen LogP contribution in [0.4, 0.5) is 4.39 Å². The Hall–Kier alpha value is -1.17. The third-order valence-corrected chi connectivity index (χ3v) is 3.65. The van der Waals surface area contributed by atoms with Crippen LogP contribution in [0.1, 0.15) is 19.4 Å². The molecule has 0 aliphatic carbocycles. The number of benzene rings is 1. The summed E-state index contributed by atoms with van der Waals surface area (Å²) in [5, 5.41) is 3.01. The van der Waals surface area contributed by atoms with Crippen molar-refractivity contribution in [2.24, 2.45) is 0 Å². The molecule has 1 saturated heterocycles. The van der Waals surface area contributed by atoms with Gasteiger partial charge in [-0.1, -0.05) is 0 Å². The first kappa shape index (κ1) is 16.2. The fraction of sp³-hybridized carbons (Fsp3) is 0.625. The Morgan fingerprint density at radius 2 is 2.24 bits per heavy atom. The molecule has 1 aliphatic heterocycles. The second-order valence-corrected chi connectivity index (χ2v) is 5.72. The average molecular weight is 296 g/mol. The quantitative estimate of drug-likeness (QED) is 0.871. The van der Waals surface area contributed by atoms with Gasteiger partial charge >= 0.3 is 0 Å². The van der Waals surface area contributed by atoms with Gasteiger partial charge in [-0.25, -0.2) is 4.39 Å². The molecule has 1 N–H and O–H groups in total. The van der Waals surface area contributed by atoms with Crippen LogP contribution in [0, 0.1) is 5.82 Å². The van der Waals surface area contributed by atoms with Crippen molar-refractivity contribution in [2.75, 3.05) is 33.4 Å². The first-order valence-corrected chi connectivity index (χ1v) is 7.51. The van der Waals surface area contributed by atoms with Gasteiger partial charge in [0.15, 0.2) is 0 Å². The summed E-state index contributed by atoms with van der Waals surface area (Å²) in [5.41, 5.74) is 0.876. The van der Waals surface area contributed by atoms with Crippen LogP contribution in [-0.2, 0) is 11.3 Å². The van der Waals surface area contributed by atoms with Crippen molar-refractivity contribution in [1.82, 2.24) is 10.2 Å². The summed E-state index contributed by atoms with van der Waals surface area (Å²) in [6, 6.07) is 5.30. The fourth-order valence-electron chi connectivity index (χ4n) is 2.51. The van der Waals surface area contributed by atoms with E-state index in [1.807, 2.05) is 13.1 Å². The summed E-state index contributed by atoms with van der Waals surface area (Å²) in [7, 11) is 1.84. The highest BCUT2D eigenvalue weighted by Crippen LogP contribution is 2.18. The minimum Gasteiger partial charge on any atom is -0.491 e. The molecule has 0 aromatic heterocycles. The van der Waals surface area contributed by atoms with Crippen molar-refractivity contribution in [2.45, 2.75) is 32.5 Å². The molecule has 1 atom stereocenters. The van der Waals surface area contributed by atoms with Gasteiger partial charge < -0.3 is 14.8 Å². The number of hydrogen-bond donors (Lipinski definition) is 1. The van der Waals surface area contributed by atoms with Crippen molar-refractivity contribution in [3.8, 4) is 5.75 Å². The van der Waals surface area contributed by atoms with E-state index in [2.05, 4.69) is 24.1 Å². The SMILES string of the molecule is CNCc1cc(F)cc(OCC2CN(C(C)C)CCO2)c1. The van der Waals surface area contributed by atoms with Crippen molar-refractivity contribution >= 4 is 0 Å². The van der Waals surface area contributed by atoms with E-state index in [1.54, 1.807) is 0 Å². The van der Waals surface area contributed by atoms with Crippen LogP contribution in [0.3, 0.4) is 0 Å². The van der Waals surface area contributed by atoms with E-state index in [-0.39, 0.29) is 11.9 Å². The van der Waals surface area contributed by atoms with E-state index < -0.39 is 0 Å². The van der Waals surface area contributed by atoms with Gasteiger partial charge in [-0.05, 0) is 38.6 Å². The molecule has 1 aliphatic rings. The number of rotatable bonds is 6. The van der Waals surface area contributed by atoms with E-state index >= 15 is 0 Å². The zero-order chi connectivity index (χ0) is 15.2. The minimum atomic E-state index is -0.272. The molecule has 1 fully saturated rings. The fourth-order valence-corrected chi connectivity index (χ4v) is 2.51. The summed E-state index contributed by atoms with van der Waals surface area (Å²) in [5.74, 6) is 0.289. The molecule has 1 heterocycles.